The summed E-state index contributed by atoms with van der Waals surface area (Å²) in [6.45, 7) is 1.52. The molecule has 3 aliphatic carbocycles. The zero-order chi connectivity index (χ0) is 33.5. The first-order valence-electron chi connectivity index (χ1n) is 13.8. The van der Waals surface area contributed by atoms with E-state index in [9.17, 15) is 39.6 Å². The SMILES string of the molecule is CN(C)c1c(Cl)c(NC(=O)C(C)(Br)c2ccco2)c(O)c2c1CC1CC3[C@H](N(C)C)C(=O)C(C(N)=O)=C(O)[C@@]3(O)C(=O)C1=C2O. The molecule has 5 atom stereocenters. The van der Waals surface area contributed by atoms with Crippen LogP contribution >= 0.6 is 27.5 Å². The predicted octanol–water partition coefficient (Wildman–Crippen LogP) is 2.53. The third-order valence-electron chi connectivity index (χ3n) is 8.90. The number of hydrogen-bond acceptors (Lipinski definition) is 11. The van der Waals surface area contributed by atoms with Crippen LogP contribution in [-0.2, 0) is 29.9 Å². The molecule has 0 aliphatic heterocycles. The first-order valence-corrected chi connectivity index (χ1v) is 15.0. The number of phenols is 1. The number of aromatic hydroxyl groups is 1. The quantitative estimate of drug-likeness (QED) is 0.146. The third kappa shape index (κ3) is 4.56. The molecule has 0 bridgehead atoms. The number of benzene rings is 1. The van der Waals surface area contributed by atoms with Gasteiger partial charge in [0.15, 0.2) is 21.5 Å². The number of amides is 2. The van der Waals surface area contributed by atoms with Crippen molar-refractivity contribution in [1.82, 2.24) is 4.90 Å². The van der Waals surface area contributed by atoms with Gasteiger partial charge in [-0.15, -0.1) is 0 Å². The lowest BCUT2D eigenvalue weighted by molar-refractivity contribution is -0.153. The molecule has 1 heterocycles. The van der Waals surface area contributed by atoms with E-state index in [1.165, 1.54) is 32.2 Å². The lowest BCUT2D eigenvalue weighted by Crippen LogP contribution is -2.65. The standard InChI is InChI=1S/C30H32BrClN4O9/c1-29(31,14-7-6-8-45-14)28(43)34-19-18(32)20(35(2)3)12-9-11-10-13-21(36(4)5)24(39)17(27(33)42)26(41)30(13,44)25(40)15(11)22(37)16(12)23(19)38/h6-8,11,13,21,37-38,41,44H,9-10H2,1-5H3,(H2,33,42)(H,34,43)/t11?,13?,21-,29?,30-/m0/s1. The molecule has 240 valence electrons. The second-order valence-corrected chi connectivity index (χ2v) is 14.0. The number of rotatable bonds is 6. The Kier molecular flexibility index (Phi) is 7.88. The lowest BCUT2D eigenvalue weighted by atomic mass is 9.57. The Bertz CT molecular complexity index is 1730. The number of Topliss-reactive ketones (excluding diaryl/α,β-unsaturated/α-hetero) is 2. The van der Waals surface area contributed by atoms with E-state index in [1.807, 2.05) is 0 Å². The van der Waals surface area contributed by atoms with E-state index >= 15 is 0 Å². The fraction of sp³-hybridized carbons (Fsp3) is 0.400. The highest BCUT2D eigenvalue weighted by Crippen LogP contribution is 2.56. The van der Waals surface area contributed by atoms with Gasteiger partial charge >= 0.3 is 0 Å². The molecule has 13 nitrogen and oxygen atoms in total. The van der Waals surface area contributed by atoms with Crippen molar-refractivity contribution in [3.05, 3.63) is 57.2 Å². The number of ketones is 2. The number of hydrogen-bond donors (Lipinski definition) is 6. The second kappa shape index (κ2) is 10.9. The first-order chi connectivity index (χ1) is 20.9. The monoisotopic (exact) mass is 706 g/mol. The molecule has 0 radical (unpaired) electrons. The maximum absolute atomic E-state index is 14.2. The van der Waals surface area contributed by atoms with Gasteiger partial charge in [-0.05, 0) is 57.5 Å². The molecule has 2 amide bonds. The summed E-state index contributed by atoms with van der Waals surface area (Å²) >= 11 is 10.2. The number of aliphatic hydroxyl groups excluding tert-OH is 2. The van der Waals surface area contributed by atoms with Crippen LogP contribution in [0.4, 0.5) is 11.4 Å². The van der Waals surface area contributed by atoms with Crippen LogP contribution in [0.1, 0.15) is 30.2 Å². The third-order valence-corrected chi connectivity index (χ3v) is 10.0. The number of fused-ring (bicyclic) bond motifs is 3. The van der Waals surface area contributed by atoms with Crippen molar-refractivity contribution < 1.29 is 44.0 Å². The Morgan fingerprint density at radius 2 is 1.84 bits per heavy atom. The molecule has 0 spiro atoms. The zero-order valence-electron chi connectivity index (χ0n) is 24.9. The van der Waals surface area contributed by atoms with E-state index < -0.39 is 74.0 Å². The van der Waals surface area contributed by atoms with Crippen LogP contribution in [-0.4, -0.2) is 88.5 Å². The Hall–Kier alpha value is -3.85. The van der Waals surface area contributed by atoms with Gasteiger partial charge in [0.25, 0.3) is 5.91 Å². The first kappa shape index (κ1) is 32.5. The minimum atomic E-state index is -2.78. The summed E-state index contributed by atoms with van der Waals surface area (Å²) in [6, 6.07) is 1.96. The molecular weight excluding hydrogens is 676 g/mol. The molecule has 2 aromatic rings. The van der Waals surface area contributed by atoms with Crippen molar-refractivity contribution in [1.29, 1.82) is 0 Å². The normalized spacial score (nSPS) is 25.8. The van der Waals surface area contributed by atoms with Gasteiger partial charge in [-0.25, -0.2) is 0 Å². The number of furan rings is 1. The number of alkyl halides is 1. The molecule has 15 heteroatoms. The van der Waals surface area contributed by atoms with E-state index in [-0.39, 0.29) is 40.4 Å². The van der Waals surface area contributed by atoms with Crippen LogP contribution in [0.5, 0.6) is 5.75 Å². The summed E-state index contributed by atoms with van der Waals surface area (Å²) < 4.78 is 3.98. The molecule has 1 aromatic heterocycles. The summed E-state index contributed by atoms with van der Waals surface area (Å²) in [5, 5.41) is 48.7. The van der Waals surface area contributed by atoms with Crippen molar-refractivity contribution in [2.45, 2.75) is 35.7 Å². The topological polar surface area (TPSA) is 207 Å². The van der Waals surface area contributed by atoms with E-state index in [0.29, 0.717) is 11.3 Å². The molecule has 1 fully saturated rings. The zero-order valence-corrected chi connectivity index (χ0v) is 27.3. The van der Waals surface area contributed by atoms with Gasteiger partial charge in [0.1, 0.15) is 28.5 Å². The van der Waals surface area contributed by atoms with Crippen molar-refractivity contribution >= 4 is 68.0 Å². The lowest BCUT2D eigenvalue weighted by Gasteiger charge is -2.50. The number of phenolic OH excluding ortho intramolecular Hbond substituents is 1. The van der Waals surface area contributed by atoms with Gasteiger partial charge < -0.3 is 40.8 Å². The van der Waals surface area contributed by atoms with Crippen LogP contribution in [0.15, 0.2) is 39.7 Å². The molecule has 0 saturated heterocycles. The molecule has 5 rings (SSSR count). The van der Waals surface area contributed by atoms with Crippen molar-refractivity contribution in [2.75, 3.05) is 38.4 Å². The van der Waals surface area contributed by atoms with Gasteiger partial charge in [0, 0.05) is 25.6 Å². The van der Waals surface area contributed by atoms with Crippen LogP contribution < -0.4 is 16.0 Å². The number of nitrogens with two attached hydrogens (primary N) is 1. The average molecular weight is 708 g/mol. The molecule has 3 aliphatic rings. The van der Waals surface area contributed by atoms with Crippen molar-refractivity contribution in [3.8, 4) is 5.75 Å². The average Bonchev–Trinajstić information content (AvgIpc) is 3.48. The van der Waals surface area contributed by atoms with E-state index in [2.05, 4.69) is 21.2 Å². The van der Waals surface area contributed by atoms with Gasteiger partial charge in [-0.1, -0.05) is 27.5 Å². The molecule has 1 aromatic carbocycles. The summed E-state index contributed by atoms with van der Waals surface area (Å²) in [7, 11) is 6.38. The van der Waals surface area contributed by atoms with E-state index in [4.69, 9.17) is 21.8 Å². The Labute approximate surface area is 271 Å². The fourth-order valence-corrected chi connectivity index (χ4v) is 7.54. The van der Waals surface area contributed by atoms with Crippen molar-refractivity contribution in [2.24, 2.45) is 17.6 Å². The Morgan fingerprint density at radius 1 is 1.20 bits per heavy atom. The van der Waals surface area contributed by atoms with Gasteiger partial charge in [0.05, 0.1) is 28.6 Å². The number of anilines is 2. The number of carbonyl (C=O) groups is 4. The summed E-state index contributed by atoms with van der Waals surface area (Å²) in [4.78, 5) is 56.1. The molecule has 1 saturated carbocycles. The molecule has 3 unspecified atom stereocenters. The smallest absolute Gasteiger partial charge is 0.255 e. The molecular formula is C30H32BrClN4O9. The Balaban J connectivity index is 1.71. The minimum Gasteiger partial charge on any atom is -0.508 e. The summed E-state index contributed by atoms with van der Waals surface area (Å²) in [6.07, 6.45) is 1.32. The van der Waals surface area contributed by atoms with Gasteiger partial charge in [0.2, 0.25) is 11.7 Å². The van der Waals surface area contributed by atoms with Gasteiger partial charge in [-0.3, -0.25) is 24.1 Å². The number of halogens is 2. The Morgan fingerprint density at radius 3 is 2.38 bits per heavy atom. The van der Waals surface area contributed by atoms with Crippen LogP contribution in [0, 0.1) is 11.8 Å². The highest BCUT2D eigenvalue weighted by Gasteiger charge is 2.64. The fourth-order valence-electron chi connectivity index (χ4n) is 6.80. The van der Waals surface area contributed by atoms with Crippen LogP contribution in [0.25, 0.3) is 5.76 Å². The molecule has 7 N–H and O–H groups in total. The molecule has 45 heavy (non-hydrogen) atoms. The van der Waals surface area contributed by atoms with Crippen molar-refractivity contribution in [3.63, 3.8) is 0 Å². The van der Waals surface area contributed by atoms with Gasteiger partial charge in [-0.2, -0.15) is 0 Å². The number of nitrogens with one attached hydrogen (secondary N) is 1. The number of nitrogens with zero attached hydrogens (tertiary/aromatic N) is 2. The predicted molar refractivity (Wildman–Crippen MR) is 167 cm³/mol. The maximum Gasteiger partial charge on any atom is 0.255 e. The highest BCUT2D eigenvalue weighted by molar-refractivity contribution is 9.10. The van der Waals surface area contributed by atoms with Crippen LogP contribution in [0.3, 0.4) is 0 Å². The maximum atomic E-state index is 14.2. The number of primary amides is 1. The summed E-state index contributed by atoms with van der Waals surface area (Å²) in [5.74, 6) is -8.31. The number of likely N-dealkylation sites (N-methyl/N-ethyl adjacent to an activating group) is 1. The highest BCUT2D eigenvalue weighted by atomic mass is 79.9. The minimum absolute atomic E-state index is 0.0200. The van der Waals surface area contributed by atoms with E-state index in [1.54, 1.807) is 31.1 Å². The summed E-state index contributed by atoms with van der Waals surface area (Å²) in [5.41, 5.74) is 1.56. The number of carbonyl (C=O) groups excluding carboxylic acids is 4. The van der Waals surface area contributed by atoms with E-state index in [0.717, 1.165) is 0 Å². The second-order valence-electron chi connectivity index (χ2n) is 12.0. The largest absolute Gasteiger partial charge is 0.508 e. The number of aliphatic hydroxyl groups is 3. The van der Waals surface area contributed by atoms with Crippen LogP contribution in [0.2, 0.25) is 5.02 Å².